The molecule has 0 aliphatic heterocycles. The van der Waals surface area contributed by atoms with Gasteiger partial charge in [-0.1, -0.05) is 0 Å². The summed E-state index contributed by atoms with van der Waals surface area (Å²) in [6.45, 7) is 0. The van der Waals surface area contributed by atoms with Gasteiger partial charge in [-0.25, -0.2) is 9.18 Å². The van der Waals surface area contributed by atoms with Gasteiger partial charge in [0.15, 0.2) is 0 Å². The lowest BCUT2D eigenvalue weighted by Crippen LogP contribution is -2.06. The van der Waals surface area contributed by atoms with Crippen LogP contribution >= 0.6 is 0 Å². The molecule has 0 aliphatic rings. The number of ether oxygens (including phenoxy) is 3. The van der Waals surface area contributed by atoms with Crippen LogP contribution in [0.15, 0.2) is 42.5 Å². The molecule has 130 valence electrons. The van der Waals surface area contributed by atoms with Gasteiger partial charge in [0.25, 0.3) is 0 Å². The fourth-order valence-corrected chi connectivity index (χ4v) is 1.98. The van der Waals surface area contributed by atoms with E-state index in [9.17, 15) is 19.3 Å². The minimum absolute atomic E-state index is 0.458. The number of nitro groups is 1. The molecular weight excluding hydrogens is 333 g/mol. The smallest absolute Gasteiger partial charge is 0.336 e. The molecule has 0 unspecified atom stereocenters. The Labute approximate surface area is 142 Å². The Morgan fingerprint density at radius 2 is 1.88 bits per heavy atom. The highest BCUT2D eigenvalue weighted by Gasteiger charge is 2.18. The van der Waals surface area contributed by atoms with Crippen LogP contribution in [0.4, 0.5) is 10.1 Å². The number of hydrogen-bond donors (Lipinski definition) is 0. The van der Waals surface area contributed by atoms with Crippen LogP contribution in [0.3, 0.4) is 0 Å². The van der Waals surface area contributed by atoms with Gasteiger partial charge in [0.1, 0.15) is 17.3 Å². The number of carbonyl (C=O) groups excluding carboxylic acids is 1. The Morgan fingerprint density at radius 1 is 1.12 bits per heavy atom. The topological polar surface area (TPSA) is 87.9 Å². The van der Waals surface area contributed by atoms with E-state index in [0.29, 0.717) is 17.1 Å². The largest absolute Gasteiger partial charge is 0.497 e. The van der Waals surface area contributed by atoms with Crippen molar-refractivity contribution in [2.45, 2.75) is 0 Å². The van der Waals surface area contributed by atoms with E-state index in [-0.39, 0.29) is 0 Å². The summed E-state index contributed by atoms with van der Waals surface area (Å²) in [5, 5.41) is 10.9. The third kappa shape index (κ3) is 4.54. The number of halogens is 1. The SMILES string of the molecule is COc1ccc(C=CC(=O)Oc2cc(F)ccc2[N+](=O)[O-])c(OC)c1. The first-order valence-electron chi connectivity index (χ1n) is 7.00. The summed E-state index contributed by atoms with van der Waals surface area (Å²) in [5.74, 6) is -1.09. The zero-order valence-corrected chi connectivity index (χ0v) is 13.4. The van der Waals surface area contributed by atoms with E-state index in [0.717, 1.165) is 24.3 Å². The molecule has 2 rings (SSSR count). The second-order valence-corrected chi connectivity index (χ2v) is 4.73. The van der Waals surface area contributed by atoms with Gasteiger partial charge in [0.2, 0.25) is 5.75 Å². The van der Waals surface area contributed by atoms with Gasteiger partial charge in [-0.05, 0) is 24.3 Å². The van der Waals surface area contributed by atoms with Crippen LogP contribution in [-0.2, 0) is 4.79 Å². The predicted octanol–water partition coefficient (Wildman–Crippen LogP) is 3.37. The molecule has 0 aromatic heterocycles. The molecule has 7 nitrogen and oxygen atoms in total. The highest BCUT2D eigenvalue weighted by atomic mass is 19.1. The number of benzene rings is 2. The first-order valence-corrected chi connectivity index (χ1v) is 7.00. The van der Waals surface area contributed by atoms with Crippen molar-refractivity contribution in [1.29, 1.82) is 0 Å². The maximum atomic E-state index is 13.2. The normalized spacial score (nSPS) is 10.5. The van der Waals surface area contributed by atoms with Crippen molar-refractivity contribution < 1.29 is 28.3 Å². The number of rotatable bonds is 6. The van der Waals surface area contributed by atoms with Crippen LogP contribution in [0.2, 0.25) is 0 Å². The van der Waals surface area contributed by atoms with E-state index in [1.807, 2.05) is 0 Å². The van der Waals surface area contributed by atoms with Crippen LogP contribution in [0.1, 0.15) is 5.56 Å². The summed E-state index contributed by atoms with van der Waals surface area (Å²) >= 11 is 0. The zero-order chi connectivity index (χ0) is 18.4. The van der Waals surface area contributed by atoms with Crippen LogP contribution in [0.25, 0.3) is 6.08 Å². The van der Waals surface area contributed by atoms with Crippen molar-refractivity contribution in [3.8, 4) is 17.2 Å². The fourth-order valence-electron chi connectivity index (χ4n) is 1.98. The number of nitrogens with zero attached hydrogens (tertiary/aromatic N) is 1. The molecule has 0 aliphatic carbocycles. The van der Waals surface area contributed by atoms with E-state index in [4.69, 9.17) is 14.2 Å². The molecule has 0 heterocycles. The van der Waals surface area contributed by atoms with E-state index < -0.39 is 28.1 Å². The van der Waals surface area contributed by atoms with Gasteiger partial charge in [-0.3, -0.25) is 10.1 Å². The summed E-state index contributed by atoms with van der Waals surface area (Å²) in [5.41, 5.74) is 0.0548. The van der Waals surface area contributed by atoms with E-state index in [1.165, 1.54) is 20.3 Å². The predicted molar refractivity (Wildman–Crippen MR) is 87.3 cm³/mol. The molecule has 25 heavy (non-hydrogen) atoms. The Morgan fingerprint density at radius 3 is 2.52 bits per heavy atom. The van der Waals surface area contributed by atoms with Crippen LogP contribution in [0.5, 0.6) is 17.2 Å². The van der Waals surface area contributed by atoms with Gasteiger partial charge in [-0.2, -0.15) is 0 Å². The summed E-state index contributed by atoms with van der Waals surface area (Å²) in [7, 11) is 2.97. The minimum Gasteiger partial charge on any atom is -0.497 e. The first kappa shape index (κ1) is 17.9. The standard InChI is InChI=1S/C17H14FNO6/c1-23-13-6-3-11(15(10-13)24-2)4-8-17(20)25-16-9-12(18)5-7-14(16)19(21)22/h3-10H,1-2H3. The van der Waals surface area contributed by atoms with Gasteiger partial charge in [-0.15, -0.1) is 0 Å². The van der Waals surface area contributed by atoms with Crippen molar-refractivity contribution in [2.75, 3.05) is 14.2 Å². The third-order valence-corrected chi connectivity index (χ3v) is 3.17. The van der Waals surface area contributed by atoms with Crippen molar-refractivity contribution >= 4 is 17.7 Å². The second-order valence-electron chi connectivity index (χ2n) is 4.73. The lowest BCUT2D eigenvalue weighted by atomic mass is 10.1. The summed E-state index contributed by atoms with van der Waals surface area (Å²) in [4.78, 5) is 22.0. The molecule has 0 spiro atoms. The van der Waals surface area contributed by atoms with Crippen molar-refractivity contribution in [1.82, 2.24) is 0 Å². The summed E-state index contributed by atoms with van der Waals surface area (Å²) < 4.78 is 28.3. The fraction of sp³-hybridized carbons (Fsp3) is 0.118. The molecule has 0 bridgehead atoms. The number of carbonyl (C=O) groups is 1. The molecule has 0 amide bonds. The maximum absolute atomic E-state index is 13.2. The van der Waals surface area contributed by atoms with E-state index >= 15 is 0 Å². The lowest BCUT2D eigenvalue weighted by Gasteiger charge is -2.07. The lowest BCUT2D eigenvalue weighted by molar-refractivity contribution is -0.385. The summed E-state index contributed by atoms with van der Waals surface area (Å²) in [6, 6.07) is 7.57. The highest BCUT2D eigenvalue weighted by Crippen LogP contribution is 2.28. The zero-order valence-electron chi connectivity index (χ0n) is 13.4. The Balaban J connectivity index is 2.19. The molecule has 0 atom stereocenters. The Kier molecular flexibility index (Phi) is 5.67. The van der Waals surface area contributed by atoms with Crippen molar-refractivity contribution in [3.63, 3.8) is 0 Å². The quantitative estimate of drug-likeness (QED) is 0.262. The van der Waals surface area contributed by atoms with Gasteiger partial charge in [0.05, 0.1) is 19.1 Å². The Hall–Kier alpha value is -3.42. The molecule has 0 fully saturated rings. The molecular formula is C17H14FNO6. The van der Waals surface area contributed by atoms with Crippen molar-refractivity contribution in [2.24, 2.45) is 0 Å². The van der Waals surface area contributed by atoms with Gasteiger partial charge in [0, 0.05) is 29.8 Å². The summed E-state index contributed by atoms with van der Waals surface area (Å²) in [6.07, 6.45) is 2.46. The number of esters is 1. The minimum atomic E-state index is -0.897. The highest BCUT2D eigenvalue weighted by molar-refractivity contribution is 5.89. The monoisotopic (exact) mass is 347 g/mol. The van der Waals surface area contributed by atoms with Crippen LogP contribution in [-0.4, -0.2) is 25.1 Å². The molecule has 0 saturated heterocycles. The van der Waals surface area contributed by atoms with Crippen LogP contribution < -0.4 is 14.2 Å². The maximum Gasteiger partial charge on any atom is 0.336 e. The molecule has 0 saturated carbocycles. The van der Waals surface area contributed by atoms with Crippen molar-refractivity contribution in [3.05, 3.63) is 64.0 Å². The molecule has 2 aromatic carbocycles. The first-order chi connectivity index (χ1) is 11.9. The molecule has 0 radical (unpaired) electrons. The van der Waals surface area contributed by atoms with Gasteiger partial charge >= 0.3 is 11.7 Å². The van der Waals surface area contributed by atoms with E-state index in [2.05, 4.69) is 0 Å². The number of hydrogen-bond acceptors (Lipinski definition) is 6. The Bertz CT molecular complexity index is 834. The molecule has 0 N–H and O–H groups in total. The average molecular weight is 347 g/mol. The van der Waals surface area contributed by atoms with E-state index in [1.54, 1.807) is 18.2 Å². The second kappa shape index (κ2) is 7.91. The van der Waals surface area contributed by atoms with Gasteiger partial charge < -0.3 is 14.2 Å². The average Bonchev–Trinajstić information content (AvgIpc) is 2.59. The molecule has 8 heteroatoms. The number of methoxy groups -OCH3 is 2. The third-order valence-electron chi connectivity index (χ3n) is 3.17. The van der Waals surface area contributed by atoms with Crippen LogP contribution in [0, 0.1) is 15.9 Å². The molecule has 2 aromatic rings. The number of nitro benzene ring substituents is 1.